The first kappa shape index (κ1) is 27.6. The van der Waals surface area contributed by atoms with Crippen LogP contribution in [-0.2, 0) is 9.59 Å². The molecule has 3 aliphatic carbocycles. The largest absolute Gasteiger partial charge is 0.478 e. The van der Waals surface area contributed by atoms with Gasteiger partial charge in [0.05, 0.1) is 15.9 Å². The summed E-state index contributed by atoms with van der Waals surface area (Å²) in [5, 5.41) is 17.0. The minimum atomic E-state index is -1.02. The number of carbonyl (C=O) groups excluding carboxylic acids is 2. The number of aromatic nitrogens is 2. The normalized spacial score (nSPS) is 22.4. The first-order chi connectivity index (χ1) is 20.9. The minimum absolute atomic E-state index is 0.242. The molecule has 0 saturated heterocycles. The van der Waals surface area contributed by atoms with Gasteiger partial charge in [0.25, 0.3) is 5.91 Å². The van der Waals surface area contributed by atoms with E-state index in [1.807, 2.05) is 18.2 Å². The lowest BCUT2D eigenvalue weighted by Gasteiger charge is -2.29. The number of hydrogen-bond donors (Lipinski definition) is 3. The number of benzene rings is 2. The summed E-state index contributed by atoms with van der Waals surface area (Å²) in [7, 11) is 0. The number of imidazole rings is 1. The number of carbonyl (C=O) groups is 3. The van der Waals surface area contributed by atoms with E-state index in [1.165, 1.54) is 31.8 Å². The van der Waals surface area contributed by atoms with E-state index in [0.29, 0.717) is 41.6 Å². The highest BCUT2D eigenvalue weighted by Gasteiger charge is 2.44. The van der Waals surface area contributed by atoms with Crippen LogP contribution in [0.3, 0.4) is 0 Å². The van der Waals surface area contributed by atoms with Crippen molar-refractivity contribution in [3.05, 3.63) is 77.2 Å². The van der Waals surface area contributed by atoms with Crippen LogP contribution in [-0.4, -0.2) is 38.0 Å². The van der Waals surface area contributed by atoms with Crippen LogP contribution in [0.1, 0.15) is 73.3 Å². The Morgan fingerprint density at radius 2 is 1.84 bits per heavy atom. The van der Waals surface area contributed by atoms with Crippen molar-refractivity contribution in [2.24, 2.45) is 11.8 Å². The molecule has 3 saturated carbocycles. The minimum Gasteiger partial charge on any atom is -0.478 e. The zero-order valence-electron chi connectivity index (χ0n) is 23.8. The topological polar surface area (TPSA) is 113 Å². The maximum atomic E-state index is 13.7. The highest BCUT2D eigenvalue weighted by Crippen LogP contribution is 2.52. The molecule has 43 heavy (non-hydrogen) atoms. The Morgan fingerprint density at radius 1 is 1.02 bits per heavy atom. The third-order valence-corrected chi connectivity index (χ3v) is 10.4. The predicted octanol–water partition coefficient (Wildman–Crippen LogP) is 6.91. The number of nitrogens with zero attached hydrogens (tertiary/aromatic N) is 2. The Labute approximate surface area is 253 Å². The molecule has 0 radical (unpaired) electrons. The lowest BCUT2D eigenvalue weighted by atomic mass is 9.94. The van der Waals surface area contributed by atoms with E-state index in [-0.39, 0.29) is 11.8 Å². The highest BCUT2D eigenvalue weighted by molar-refractivity contribution is 7.13. The van der Waals surface area contributed by atoms with Gasteiger partial charge in [-0.15, -0.1) is 11.3 Å². The molecule has 8 nitrogen and oxygen atoms in total. The molecule has 4 aromatic rings. The zero-order valence-corrected chi connectivity index (χ0v) is 24.6. The quantitative estimate of drug-likeness (QED) is 0.192. The van der Waals surface area contributed by atoms with Crippen LogP contribution >= 0.6 is 11.3 Å². The van der Waals surface area contributed by atoms with E-state index < -0.39 is 11.5 Å². The second-order valence-electron chi connectivity index (χ2n) is 12.2. The van der Waals surface area contributed by atoms with Gasteiger partial charge in [-0.1, -0.05) is 37.5 Å². The smallest absolute Gasteiger partial charge is 0.328 e. The average Bonchev–Trinajstić information content (AvgIpc) is 3.85. The summed E-state index contributed by atoms with van der Waals surface area (Å²) in [6, 6.07) is 17.3. The second kappa shape index (κ2) is 11.1. The first-order valence-electron chi connectivity index (χ1n) is 15.1. The van der Waals surface area contributed by atoms with E-state index in [9.17, 15) is 14.4 Å². The van der Waals surface area contributed by atoms with E-state index in [0.717, 1.165) is 46.6 Å². The number of anilines is 1. The Bertz CT molecular complexity index is 1720. The molecule has 2 heterocycles. The van der Waals surface area contributed by atoms with Gasteiger partial charge in [0, 0.05) is 23.4 Å². The average molecular weight is 595 g/mol. The summed E-state index contributed by atoms with van der Waals surface area (Å²) >= 11 is 1.69. The molecule has 3 fully saturated rings. The molecule has 2 aromatic heterocycles. The van der Waals surface area contributed by atoms with Crippen molar-refractivity contribution in [1.29, 1.82) is 0 Å². The van der Waals surface area contributed by atoms with Gasteiger partial charge >= 0.3 is 5.97 Å². The SMILES string of the molecule is O=C(O)/C=C/c1ccc(NC(=O)C2(NC(=O)c3ccc4c(c3)nc(-c3cccs3)n4C3C[C@@H]4CC[C@H]3C4)CCCC2)cc1. The van der Waals surface area contributed by atoms with Crippen LogP contribution < -0.4 is 10.6 Å². The van der Waals surface area contributed by atoms with Gasteiger partial charge in [-0.05, 0) is 97.4 Å². The Hall–Kier alpha value is -4.24. The van der Waals surface area contributed by atoms with Crippen molar-refractivity contribution in [2.45, 2.75) is 62.9 Å². The standard InChI is InChI=1S/C34H34N4O4S/c39-30(40)14-8-21-6-11-25(12-7-21)35-33(42)34(15-1-2-16-34)37-32(41)24-10-13-27-26(20-24)36-31(29-4-3-17-43-29)38(27)28-19-22-5-9-23(28)18-22/h3-4,6-8,10-14,17,20,22-23,28H,1-2,5,9,15-16,18-19H2,(H,35,42)(H,37,41)(H,39,40)/b14-8+/t22-,23+,28?/m1/s1. The molecule has 2 bridgehead atoms. The van der Waals surface area contributed by atoms with Crippen molar-refractivity contribution in [2.75, 3.05) is 5.32 Å². The molecule has 0 spiro atoms. The van der Waals surface area contributed by atoms with Crippen molar-refractivity contribution in [3.8, 4) is 10.7 Å². The fraction of sp³-hybridized carbons (Fsp3) is 0.353. The fourth-order valence-electron chi connectivity index (χ4n) is 7.46. The lowest BCUT2D eigenvalue weighted by Crippen LogP contribution is -2.55. The number of carboxylic acids is 1. The van der Waals surface area contributed by atoms with Gasteiger partial charge in [-0.3, -0.25) is 9.59 Å². The Morgan fingerprint density at radius 3 is 2.51 bits per heavy atom. The van der Waals surface area contributed by atoms with Gasteiger partial charge in [0.15, 0.2) is 5.82 Å². The molecule has 3 aliphatic rings. The predicted molar refractivity (Wildman–Crippen MR) is 168 cm³/mol. The van der Waals surface area contributed by atoms with Gasteiger partial charge < -0.3 is 20.3 Å². The fourth-order valence-corrected chi connectivity index (χ4v) is 8.17. The Kier molecular flexibility index (Phi) is 7.13. The molecule has 0 aliphatic heterocycles. The third-order valence-electron chi connectivity index (χ3n) is 9.56. The summed E-state index contributed by atoms with van der Waals surface area (Å²) in [5.74, 6) is 0.925. The lowest BCUT2D eigenvalue weighted by molar-refractivity contribution is -0.131. The van der Waals surface area contributed by atoms with Gasteiger partial charge in [0.1, 0.15) is 5.54 Å². The summed E-state index contributed by atoms with van der Waals surface area (Å²) in [4.78, 5) is 44.2. The summed E-state index contributed by atoms with van der Waals surface area (Å²) in [5.41, 5.74) is 2.67. The van der Waals surface area contributed by atoms with Gasteiger partial charge in [-0.25, -0.2) is 9.78 Å². The third kappa shape index (κ3) is 5.27. The molecule has 7 rings (SSSR count). The number of amides is 2. The van der Waals surface area contributed by atoms with Crippen molar-refractivity contribution >= 4 is 51.9 Å². The van der Waals surface area contributed by atoms with E-state index in [1.54, 1.807) is 35.6 Å². The number of thiophene rings is 1. The summed E-state index contributed by atoms with van der Waals surface area (Å²) in [6.07, 6.45) is 10.5. The van der Waals surface area contributed by atoms with Crippen LogP contribution in [0.25, 0.3) is 27.8 Å². The maximum absolute atomic E-state index is 13.7. The molecule has 9 heteroatoms. The number of carboxylic acid groups (broad SMARTS) is 1. The summed E-state index contributed by atoms with van der Waals surface area (Å²) < 4.78 is 2.43. The molecular formula is C34H34N4O4S. The molecule has 1 unspecified atom stereocenters. The van der Waals surface area contributed by atoms with Crippen molar-refractivity contribution in [3.63, 3.8) is 0 Å². The van der Waals surface area contributed by atoms with Crippen LogP contribution in [0.15, 0.2) is 66.1 Å². The monoisotopic (exact) mass is 594 g/mol. The first-order valence-corrected chi connectivity index (χ1v) is 16.0. The van der Waals surface area contributed by atoms with Crippen molar-refractivity contribution < 1.29 is 19.5 Å². The summed E-state index contributed by atoms with van der Waals surface area (Å²) in [6.45, 7) is 0. The number of rotatable bonds is 8. The molecule has 3 atom stereocenters. The molecule has 2 amide bonds. The van der Waals surface area contributed by atoms with E-state index in [4.69, 9.17) is 10.1 Å². The zero-order chi connectivity index (χ0) is 29.6. The molecular weight excluding hydrogens is 560 g/mol. The molecule has 2 aromatic carbocycles. The number of fused-ring (bicyclic) bond motifs is 3. The van der Waals surface area contributed by atoms with Gasteiger partial charge in [0.2, 0.25) is 5.91 Å². The maximum Gasteiger partial charge on any atom is 0.328 e. The molecule has 3 N–H and O–H groups in total. The van der Waals surface area contributed by atoms with Crippen LogP contribution in [0.2, 0.25) is 0 Å². The van der Waals surface area contributed by atoms with Crippen LogP contribution in [0, 0.1) is 11.8 Å². The van der Waals surface area contributed by atoms with E-state index >= 15 is 0 Å². The Balaban J connectivity index is 1.13. The van der Waals surface area contributed by atoms with Gasteiger partial charge in [-0.2, -0.15) is 0 Å². The second-order valence-corrected chi connectivity index (χ2v) is 13.2. The van der Waals surface area contributed by atoms with Crippen LogP contribution in [0.5, 0.6) is 0 Å². The van der Waals surface area contributed by atoms with Crippen LogP contribution in [0.4, 0.5) is 5.69 Å². The highest BCUT2D eigenvalue weighted by atomic mass is 32.1. The van der Waals surface area contributed by atoms with E-state index in [2.05, 4.69) is 32.7 Å². The number of aliphatic carboxylic acids is 1. The number of nitrogens with one attached hydrogen (secondary N) is 2. The number of hydrogen-bond acceptors (Lipinski definition) is 5. The van der Waals surface area contributed by atoms with Crippen molar-refractivity contribution in [1.82, 2.24) is 14.9 Å². The molecule has 220 valence electrons.